The molecule has 0 radical (unpaired) electrons. The van der Waals surface area contributed by atoms with E-state index in [1.807, 2.05) is 12.1 Å². The van der Waals surface area contributed by atoms with Crippen molar-refractivity contribution < 1.29 is 0 Å². The molecule has 0 aliphatic rings. The molecule has 0 unspecified atom stereocenters. The van der Waals surface area contributed by atoms with Gasteiger partial charge in [-0.3, -0.25) is 0 Å². The molecule has 1 heteroatoms. The highest BCUT2D eigenvalue weighted by Gasteiger charge is 2.14. The molecule has 0 atom stereocenters. The lowest BCUT2D eigenvalue weighted by Crippen LogP contribution is -2.11. The monoisotopic (exact) mass is 253 g/mol. The molecule has 1 nitrogen and oxygen atoms in total. The van der Waals surface area contributed by atoms with Crippen molar-refractivity contribution >= 4 is 5.69 Å². The van der Waals surface area contributed by atoms with E-state index in [1.165, 1.54) is 22.3 Å². The van der Waals surface area contributed by atoms with Gasteiger partial charge < -0.3 is 5.73 Å². The summed E-state index contributed by atoms with van der Waals surface area (Å²) in [6.45, 7) is 8.95. The number of aryl methyl sites for hydroxylation is 1. The van der Waals surface area contributed by atoms with Crippen LogP contribution in [0.2, 0.25) is 0 Å². The molecule has 0 aliphatic heterocycles. The number of benzene rings is 2. The van der Waals surface area contributed by atoms with Gasteiger partial charge in [-0.2, -0.15) is 0 Å². The van der Waals surface area contributed by atoms with Crippen LogP contribution in [-0.4, -0.2) is 0 Å². The SMILES string of the molecule is Cc1cc(C(C)(C)C)ccc1Cc1ccc(N)cc1. The van der Waals surface area contributed by atoms with Crippen molar-refractivity contribution in [3.05, 3.63) is 64.7 Å². The van der Waals surface area contributed by atoms with Crippen molar-refractivity contribution in [2.24, 2.45) is 0 Å². The Morgan fingerprint density at radius 2 is 1.58 bits per heavy atom. The summed E-state index contributed by atoms with van der Waals surface area (Å²) in [5.41, 5.74) is 12.2. The van der Waals surface area contributed by atoms with Gasteiger partial charge in [0.1, 0.15) is 0 Å². The zero-order valence-electron chi connectivity index (χ0n) is 12.3. The Morgan fingerprint density at radius 1 is 0.947 bits per heavy atom. The second-order valence-corrected chi connectivity index (χ2v) is 6.31. The smallest absolute Gasteiger partial charge is 0.0314 e. The van der Waals surface area contributed by atoms with E-state index < -0.39 is 0 Å². The maximum Gasteiger partial charge on any atom is 0.0314 e. The molecule has 0 bridgehead atoms. The van der Waals surface area contributed by atoms with Crippen LogP contribution in [0.4, 0.5) is 5.69 Å². The average molecular weight is 253 g/mol. The number of nitrogens with two attached hydrogens (primary N) is 1. The fourth-order valence-electron chi connectivity index (χ4n) is 2.22. The first kappa shape index (κ1) is 13.7. The van der Waals surface area contributed by atoms with Gasteiger partial charge in [-0.05, 0) is 53.1 Å². The zero-order chi connectivity index (χ0) is 14.0. The van der Waals surface area contributed by atoms with E-state index in [-0.39, 0.29) is 5.41 Å². The molecule has 0 fully saturated rings. The highest BCUT2D eigenvalue weighted by molar-refractivity contribution is 5.42. The van der Waals surface area contributed by atoms with Crippen LogP contribution in [0, 0.1) is 6.92 Å². The molecule has 0 heterocycles. The predicted molar refractivity (Wildman–Crippen MR) is 83.5 cm³/mol. The average Bonchev–Trinajstić information content (AvgIpc) is 2.33. The second-order valence-electron chi connectivity index (χ2n) is 6.31. The molecule has 2 N–H and O–H groups in total. The molecule has 2 rings (SSSR count). The van der Waals surface area contributed by atoms with E-state index in [0.717, 1.165) is 12.1 Å². The van der Waals surface area contributed by atoms with E-state index in [9.17, 15) is 0 Å². The number of hydrogen-bond acceptors (Lipinski definition) is 1. The van der Waals surface area contributed by atoms with Gasteiger partial charge in [-0.15, -0.1) is 0 Å². The molecular formula is C18H23N. The second kappa shape index (κ2) is 5.08. The van der Waals surface area contributed by atoms with Gasteiger partial charge in [0.05, 0.1) is 0 Å². The first-order valence-corrected chi connectivity index (χ1v) is 6.81. The Morgan fingerprint density at radius 3 is 2.11 bits per heavy atom. The molecule has 19 heavy (non-hydrogen) atoms. The lowest BCUT2D eigenvalue weighted by atomic mass is 9.85. The summed E-state index contributed by atoms with van der Waals surface area (Å²) < 4.78 is 0. The molecule has 0 aliphatic carbocycles. The third-order valence-electron chi connectivity index (χ3n) is 3.58. The molecule has 100 valence electrons. The lowest BCUT2D eigenvalue weighted by molar-refractivity contribution is 0.589. The summed E-state index contributed by atoms with van der Waals surface area (Å²) in [4.78, 5) is 0. The molecule has 0 saturated carbocycles. The summed E-state index contributed by atoms with van der Waals surface area (Å²) in [6, 6.07) is 15.0. The van der Waals surface area contributed by atoms with Crippen LogP contribution in [0.3, 0.4) is 0 Å². The van der Waals surface area contributed by atoms with Gasteiger partial charge in [-0.1, -0.05) is 51.1 Å². The Bertz CT molecular complexity index is 559. The third-order valence-corrected chi connectivity index (χ3v) is 3.58. The van der Waals surface area contributed by atoms with Crippen molar-refractivity contribution in [1.29, 1.82) is 0 Å². The zero-order valence-corrected chi connectivity index (χ0v) is 12.3. The minimum absolute atomic E-state index is 0.213. The molecule has 0 aromatic heterocycles. The molecule has 0 saturated heterocycles. The van der Waals surface area contributed by atoms with E-state index in [0.29, 0.717) is 0 Å². The summed E-state index contributed by atoms with van der Waals surface area (Å²) in [5.74, 6) is 0. The van der Waals surface area contributed by atoms with Crippen molar-refractivity contribution in [3.8, 4) is 0 Å². The highest BCUT2D eigenvalue weighted by Crippen LogP contribution is 2.25. The van der Waals surface area contributed by atoms with Gasteiger partial charge in [0.25, 0.3) is 0 Å². The van der Waals surface area contributed by atoms with Crippen molar-refractivity contribution in [2.75, 3.05) is 5.73 Å². The minimum Gasteiger partial charge on any atom is -0.399 e. The summed E-state index contributed by atoms with van der Waals surface area (Å²) in [7, 11) is 0. The molecule has 2 aromatic rings. The Hall–Kier alpha value is -1.76. The first-order valence-electron chi connectivity index (χ1n) is 6.81. The highest BCUT2D eigenvalue weighted by atomic mass is 14.5. The third kappa shape index (κ3) is 3.37. The fraction of sp³-hybridized carbons (Fsp3) is 0.333. The van der Waals surface area contributed by atoms with E-state index in [1.54, 1.807) is 0 Å². The van der Waals surface area contributed by atoms with Gasteiger partial charge in [-0.25, -0.2) is 0 Å². The maximum absolute atomic E-state index is 5.72. The van der Waals surface area contributed by atoms with Crippen molar-refractivity contribution in [2.45, 2.75) is 39.5 Å². The number of nitrogen functional groups attached to an aromatic ring is 1. The summed E-state index contributed by atoms with van der Waals surface area (Å²) in [5, 5.41) is 0. The normalized spacial score (nSPS) is 11.6. The summed E-state index contributed by atoms with van der Waals surface area (Å²) >= 11 is 0. The van der Waals surface area contributed by atoms with E-state index in [2.05, 4.69) is 58.0 Å². The molecular weight excluding hydrogens is 230 g/mol. The van der Waals surface area contributed by atoms with Crippen molar-refractivity contribution in [1.82, 2.24) is 0 Å². The maximum atomic E-state index is 5.72. The largest absolute Gasteiger partial charge is 0.399 e. The van der Waals surface area contributed by atoms with Gasteiger partial charge >= 0.3 is 0 Å². The Labute approximate surface area is 116 Å². The number of rotatable bonds is 2. The quantitative estimate of drug-likeness (QED) is 0.785. The Kier molecular flexibility index (Phi) is 3.66. The number of hydrogen-bond donors (Lipinski definition) is 1. The number of anilines is 1. The van der Waals surface area contributed by atoms with Gasteiger partial charge in [0, 0.05) is 5.69 Å². The lowest BCUT2D eigenvalue weighted by Gasteiger charge is -2.20. The van der Waals surface area contributed by atoms with Crippen LogP contribution in [-0.2, 0) is 11.8 Å². The van der Waals surface area contributed by atoms with Crippen LogP contribution in [0.15, 0.2) is 42.5 Å². The predicted octanol–water partition coefficient (Wildman–Crippen LogP) is 4.47. The topological polar surface area (TPSA) is 26.0 Å². The molecule has 0 amide bonds. The molecule has 0 spiro atoms. The standard InChI is InChI=1S/C18H23N/c1-13-11-16(18(2,3)4)8-7-15(13)12-14-5-9-17(19)10-6-14/h5-11H,12,19H2,1-4H3. The first-order chi connectivity index (χ1) is 8.86. The van der Waals surface area contributed by atoms with Gasteiger partial charge in [0.2, 0.25) is 0 Å². The van der Waals surface area contributed by atoms with Crippen LogP contribution < -0.4 is 5.73 Å². The van der Waals surface area contributed by atoms with Crippen LogP contribution >= 0.6 is 0 Å². The van der Waals surface area contributed by atoms with Crippen LogP contribution in [0.25, 0.3) is 0 Å². The molecule has 2 aromatic carbocycles. The van der Waals surface area contributed by atoms with Crippen molar-refractivity contribution in [3.63, 3.8) is 0 Å². The van der Waals surface area contributed by atoms with Gasteiger partial charge in [0.15, 0.2) is 0 Å². The van der Waals surface area contributed by atoms with Crippen LogP contribution in [0.5, 0.6) is 0 Å². The summed E-state index contributed by atoms with van der Waals surface area (Å²) in [6.07, 6.45) is 0.969. The minimum atomic E-state index is 0.213. The van der Waals surface area contributed by atoms with E-state index >= 15 is 0 Å². The van der Waals surface area contributed by atoms with E-state index in [4.69, 9.17) is 5.73 Å². The Balaban J connectivity index is 2.24. The van der Waals surface area contributed by atoms with Crippen LogP contribution in [0.1, 0.15) is 43.0 Å². The fourth-order valence-corrected chi connectivity index (χ4v) is 2.22.